The van der Waals surface area contributed by atoms with Gasteiger partial charge in [-0.1, -0.05) is 23.4 Å². The van der Waals surface area contributed by atoms with Gasteiger partial charge in [0.05, 0.1) is 17.0 Å². The van der Waals surface area contributed by atoms with Crippen LogP contribution in [0.1, 0.15) is 43.6 Å². The van der Waals surface area contributed by atoms with E-state index in [0.29, 0.717) is 13.0 Å². The number of aryl methyl sites for hydroxylation is 2. The van der Waals surface area contributed by atoms with Crippen LogP contribution in [-0.4, -0.2) is 47.9 Å². The fourth-order valence-corrected chi connectivity index (χ4v) is 4.77. The van der Waals surface area contributed by atoms with Crippen molar-refractivity contribution in [3.05, 3.63) is 48.0 Å². The maximum atomic E-state index is 5.81. The molecular formula is C19H23N7O. The molecule has 3 aromatic rings. The summed E-state index contributed by atoms with van der Waals surface area (Å²) >= 11 is 0. The van der Waals surface area contributed by atoms with Gasteiger partial charge < -0.3 is 4.74 Å². The van der Waals surface area contributed by atoms with Crippen LogP contribution < -0.4 is 0 Å². The first-order chi connectivity index (χ1) is 13.2. The lowest BCUT2D eigenvalue weighted by Crippen LogP contribution is -2.24. The average molecular weight is 365 g/mol. The van der Waals surface area contributed by atoms with Crippen LogP contribution in [0.3, 0.4) is 0 Å². The molecule has 8 nitrogen and oxygen atoms in total. The Labute approximate surface area is 157 Å². The quantitative estimate of drug-likeness (QED) is 0.665. The van der Waals surface area contributed by atoms with Crippen LogP contribution in [0, 0.1) is 0 Å². The largest absolute Gasteiger partial charge is 0.378 e. The van der Waals surface area contributed by atoms with Crippen molar-refractivity contribution >= 4 is 0 Å². The van der Waals surface area contributed by atoms with Crippen LogP contribution in [0.25, 0.3) is 5.69 Å². The van der Waals surface area contributed by atoms with Gasteiger partial charge >= 0.3 is 0 Å². The van der Waals surface area contributed by atoms with E-state index in [0.717, 1.165) is 49.3 Å². The number of fused-ring (bicyclic) bond motifs is 2. The summed E-state index contributed by atoms with van der Waals surface area (Å²) in [5, 5.41) is 21.0. The number of tetrazole rings is 1. The Morgan fingerprint density at radius 2 is 1.85 bits per heavy atom. The average Bonchev–Trinajstić information content (AvgIpc) is 3.50. The van der Waals surface area contributed by atoms with Gasteiger partial charge in [0.2, 0.25) is 0 Å². The molecule has 0 amide bonds. The number of hydrogen-bond acceptors (Lipinski definition) is 6. The van der Waals surface area contributed by atoms with Crippen LogP contribution in [0.5, 0.6) is 0 Å². The van der Waals surface area contributed by atoms with Gasteiger partial charge in [0.25, 0.3) is 0 Å². The number of nitrogens with zero attached hydrogens (tertiary/aromatic N) is 7. The summed E-state index contributed by atoms with van der Waals surface area (Å²) in [4.78, 5) is 0. The predicted octanol–water partition coefficient (Wildman–Crippen LogP) is 2.10. The Morgan fingerprint density at radius 3 is 2.59 bits per heavy atom. The van der Waals surface area contributed by atoms with E-state index in [4.69, 9.17) is 4.74 Å². The summed E-state index contributed by atoms with van der Waals surface area (Å²) in [6, 6.07) is 9.93. The van der Waals surface area contributed by atoms with Crippen LogP contribution in [0.15, 0.2) is 36.5 Å². The van der Waals surface area contributed by atoms with Gasteiger partial charge in [-0.2, -0.15) is 4.68 Å². The lowest BCUT2D eigenvalue weighted by molar-refractivity contribution is -0.000307. The number of ether oxygens (including phenoxy) is 1. The third-order valence-electron chi connectivity index (χ3n) is 6.39. The van der Waals surface area contributed by atoms with Crippen molar-refractivity contribution in [3.63, 3.8) is 0 Å². The number of aromatic nitrogens is 7. The van der Waals surface area contributed by atoms with Gasteiger partial charge in [0.1, 0.15) is 0 Å². The highest BCUT2D eigenvalue weighted by Gasteiger charge is 2.56. The van der Waals surface area contributed by atoms with Gasteiger partial charge in [-0.05, 0) is 54.7 Å². The molecule has 0 unspecified atom stereocenters. The lowest BCUT2D eigenvalue weighted by Gasteiger charge is -2.25. The minimum atomic E-state index is 0.0710. The molecule has 2 bridgehead atoms. The van der Waals surface area contributed by atoms with E-state index >= 15 is 0 Å². The van der Waals surface area contributed by atoms with Gasteiger partial charge in [0.15, 0.2) is 5.82 Å². The molecule has 2 aliphatic carbocycles. The maximum absolute atomic E-state index is 5.81. The zero-order chi connectivity index (χ0) is 18.3. The zero-order valence-corrected chi connectivity index (χ0v) is 15.5. The Kier molecular flexibility index (Phi) is 3.82. The Bertz CT molecular complexity index is 924. The standard InChI is InChI=1S/C19H23N7O/c1-27-19-10-8-18(14-19,9-11-19)16-13-25(23-20-16)12-7-17-21-22-24-26(17)15-5-3-2-4-6-15/h2-6,13H,7-12,14H2,1H3. The summed E-state index contributed by atoms with van der Waals surface area (Å²) in [5.74, 6) is 0.816. The van der Waals surface area contributed by atoms with Gasteiger partial charge in [0, 0.05) is 31.7 Å². The number of hydrogen-bond donors (Lipinski definition) is 0. The second kappa shape index (κ2) is 6.23. The second-order valence-electron chi connectivity index (χ2n) is 7.80. The number of rotatable bonds is 6. The van der Waals surface area contributed by atoms with Crippen LogP contribution in [0.2, 0.25) is 0 Å². The molecule has 0 aliphatic heterocycles. The number of methoxy groups -OCH3 is 1. The van der Waals surface area contributed by atoms with Crippen molar-refractivity contribution in [1.82, 2.24) is 35.2 Å². The van der Waals surface area contributed by atoms with Crippen molar-refractivity contribution in [2.75, 3.05) is 7.11 Å². The molecule has 2 saturated carbocycles. The zero-order valence-electron chi connectivity index (χ0n) is 15.5. The first-order valence-electron chi connectivity index (χ1n) is 9.51. The molecule has 2 heterocycles. The van der Waals surface area contributed by atoms with Gasteiger partial charge in [-0.25, -0.2) is 0 Å². The highest BCUT2D eigenvalue weighted by molar-refractivity contribution is 5.30. The Balaban J connectivity index is 1.30. The number of benzene rings is 1. The molecule has 8 heteroatoms. The van der Waals surface area contributed by atoms with Crippen LogP contribution >= 0.6 is 0 Å². The van der Waals surface area contributed by atoms with Crippen molar-refractivity contribution in [3.8, 4) is 5.69 Å². The van der Waals surface area contributed by atoms with E-state index < -0.39 is 0 Å². The summed E-state index contributed by atoms with van der Waals surface area (Å²) < 4.78 is 9.51. The third-order valence-corrected chi connectivity index (χ3v) is 6.39. The summed E-state index contributed by atoms with van der Waals surface area (Å²) in [5.41, 5.74) is 2.30. The van der Waals surface area contributed by atoms with E-state index in [9.17, 15) is 0 Å². The fraction of sp³-hybridized carbons (Fsp3) is 0.526. The molecule has 5 rings (SSSR count). The molecule has 0 saturated heterocycles. The van der Waals surface area contributed by atoms with Gasteiger partial charge in [-0.15, -0.1) is 10.2 Å². The monoisotopic (exact) mass is 365 g/mol. The van der Waals surface area contributed by atoms with Crippen molar-refractivity contribution in [2.45, 2.75) is 56.1 Å². The first kappa shape index (κ1) is 16.6. The molecular weight excluding hydrogens is 342 g/mol. The lowest BCUT2D eigenvalue weighted by atomic mass is 9.81. The van der Waals surface area contributed by atoms with Crippen LogP contribution in [0.4, 0.5) is 0 Å². The molecule has 0 atom stereocenters. The molecule has 2 aromatic heterocycles. The van der Waals surface area contributed by atoms with E-state index in [1.807, 2.05) is 42.1 Å². The summed E-state index contributed by atoms with van der Waals surface area (Å²) in [6.45, 7) is 0.700. The molecule has 27 heavy (non-hydrogen) atoms. The highest BCUT2D eigenvalue weighted by atomic mass is 16.5. The molecule has 140 valence electrons. The predicted molar refractivity (Wildman–Crippen MR) is 97.4 cm³/mol. The molecule has 2 aliphatic rings. The third kappa shape index (κ3) is 2.75. The van der Waals surface area contributed by atoms with E-state index in [2.05, 4.69) is 32.0 Å². The second-order valence-corrected chi connectivity index (χ2v) is 7.80. The van der Waals surface area contributed by atoms with E-state index in [1.165, 1.54) is 0 Å². The highest BCUT2D eigenvalue weighted by Crippen LogP contribution is 2.58. The smallest absolute Gasteiger partial charge is 0.158 e. The van der Waals surface area contributed by atoms with Crippen molar-refractivity contribution < 1.29 is 4.74 Å². The normalized spacial score (nSPS) is 26.7. The summed E-state index contributed by atoms with van der Waals surface area (Å²) in [7, 11) is 1.84. The van der Waals surface area contributed by atoms with Crippen molar-refractivity contribution in [1.29, 1.82) is 0 Å². The fourth-order valence-electron chi connectivity index (χ4n) is 4.77. The molecule has 0 N–H and O–H groups in total. The molecule has 1 aromatic carbocycles. The minimum absolute atomic E-state index is 0.0710. The van der Waals surface area contributed by atoms with E-state index in [1.54, 1.807) is 4.68 Å². The van der Waals surface area contributed by atoms with Crippen molar-refractivity contribution in [2.24, 2.45) is 0 Å². The Hall–Kier alpha value is -2.61. The first-order valence-corrected chi connectivity index (χ1v) is 9.51. The topological polar surface area (TPSA) is 83.5 Å². The molecule has 0 radical (unpaired) electrons. The molecule has 2 fully saturated rings. The summed E-state index contributed by atoms with van der Waals surface area (Å²) in [6.07, 6.45) is 8.41. The van der Waals surface area contributed by atoms with Gasteiger partial charge in [-0.3, -0.25) is 4.68 Å². The minimum Gasteiger partial charge on any atom is -0.378 e. The number of para-hydroxylation sites is 1. The van der Waals surface area contributed by atoms with Crippen LogP contribution in [-0.2, 0) is 23.1 Å². The Morgan fingerprint density at radius 1 is 1.04 bits per heavy atom. The maximum Gasteiger partial charge on any atom is 0.158 e. The van der Waals surface area contributed by atoms with E-state index in [-0.39, 0.29) is 11.0 Å². The molecule has 0 spiro atoms. The SMILES string of the molecule is COC12CCC(c3cn(CCc4nnnn4-c4ccccc4)nn3)(CC1)C2.